The van der Waals surface area contributed by atoms with Gasteiger partial charge in [-0.25, -0.2) is 0 Å². The summed E-state index contributed by atoms with van der Waals surface area (Å²) < 4.78 is 10.9. The number of hydrogen-bond acceptors (Lipinski definition) is 2. The summed E-state index contributed by atoms with van der Waals surface area (Å²) in [5, 5.41) is 0. The molecule has 0 atom stereocenters. The molecule has 3 heteroatoms. The number of aryl methyl sites for hydroxylation is 4. The highest BCUT2D eigenvalue weighted by atomic mass is 35.5. The van der Waals surface area contributed by atoms with Crippen LogP contribution in [0.5, 0.6) is 11.5 Å². The van der Waals surface area contributed by atoms with Gasteiger partial charge >= 0.3 is 0 Å². The van der Waals surface area contributed by atoms with E-state index in [0.29, 0.717) is 5.88 Å². The number of ether oxygens (including phenoxy) is 2. The van der Waals surface area contributed by atoms with E-state index in [-0.39, 0.29) is 5.92 Å². The normalized spacial score (nSPS) is 11.0. The van der Waals surface area contributed by atoms with Crippen molar-refractivity contribution in [2.75, 3.05) is 20.1 Å². The van der Waals surface area contributed by atoms with Gasteiger partial charge in [0.05, 0.1) is 14.2 Å². The van der Waals surface area contributed by atoms with E-state index in [2.05, 4.69) is 52.0 Å². The lowest BCUT2D eigenvalue weighted by Crippen LogP contribution is -2.06. The molecule has 0 aromatic heterocycles. The van der Waals surface area contributed by atoms with Crippen LogP contribution in [-0.4, -0.2) is 20.1 Å². The summed E-state index contributed by atoms with van der Waals surface area (Å²) in [6.45, 7) is 8.30. The fraction of sp³-hybridized carbons (Fsp3) is 0.400. The summed E-state index contributed by atoms with van der Waals surface area (Å²) in [7, 11) is 3.43. The van der Waals surface area contributed by atoms with Crippen molar-refractivity contribution >= 4 is 11.6 Å². The van der Waals surface area contributed by atoms with Crippen LogP contribution in [0, 0.1) is 27.7 Å². The van der Waals surface area contributed by atoms with E-state index >= 15 is 0 Å². The van der Waals surface area contributed by atoms with Crippen LogP contribution in [0.2, 0.25) is 0 Å². The van der Waals surface area contributed by atoms with Crippen LogP contribution in [0.15, 0.2) is 24.3 Å². The number of methoxy groups -OCH3 is 2. The summed E-state index contributed by atoms with van der Waals surface area (Å²) in [5.41, 5.74) is 7.00. The zero-order valence-electron chi connectivity index (χ0n) is 14.8. The molecule has 0 heterocycles. The van der Waals surface area contributed by atoms with Crippen LogP contribution in [0.1, 0.15) is 39.3 Å². The number of benzene rings is 2. The number of rotatable bonds is 5. The molecule has 23 heavy (non-hydrogen) atoms. The Kier molecular flexibility index (Phi) is 5.59. The van der Waals surface area contributed by atoms with E-state index in [1.165, 1.54) is 11.1 Å². The second kappa shape index (κ2) is 7.27. The smallest absolute Gasteiger partial charge is 0.124 e. The highest BCUT2D eigenvalue weighted by Gasteiger charge is 2.18. The van der Waals surface area contributed by atoms with Gasteiger partial charge in [-0.05, 0) is 61.1 Å². The van der Waals surface area contributed by atoms with Crippen molar-refractivity contribution in [1.82, 2.24) is 0 Å². The molecule has 0 saturated heterocycles. The summed E-state index contributed by atoms with van der Waals surface area (Å²) in [4.78, 5) is 0. The van der Waals surface area contributed by atoms with E-state index < -0.39 is 0 Å². The highest BCUT2D eigenvalue weighted by Crippen LogP contribution is 2.35. The summed E-state index contributed by atoms with van der Waals surface area (Å²) in [6, 6.07) is 8.70. The van der Waals surface area contributed by atoms with Crippen molar-refractivity contribution in [3.63, 3.8) is 0 Å². The standard InChI is InChI=1S/C20H25ClO2/c1-12-7-16(8-13(2)19(12)22-5)18(11-21)17-9-14(3)20(23-6)15(4)10-17/h7-10,18H,11H2,1-6H3. The third-order valence-corrected chi connectivity index (χ3v) is 4.64. The van der Waals surface area contributed by atoms with Gasteiger partial charge < -0.3 is 9.47 Å². The average molecular weight is 333 g/mol. The lowest BCUT2D eigenvalue weighted by atomic mass is 9.88. The Hall–Kier alpha value is -1.67. The van der Waals surface area contributed by atoms with E-state index in [1.54, 1.807) is 14.2 Å². The Morgan fingerprint density at radius 1 is 0.739 bits per heavy atom. The third-order valence-electron chi connectivity index (χ3n) is 4.33. The van der Waals surface area contributed by atoms with Gasteiger partial charge in [0.25, 0.3) is 0 Å². The molecule has 0 aliphatic rings. The summed E-state index contributed by atoms with van der Waals surface area (Å²) >= 11 is 6.33. The monoisotopic (exact) mass is 332 g/mol. The van der Waals surface area contributed by atoms with Crippen LogP contribution < -0.4 is 9.47 Å². The van der Waals surface area contributed by atoms with Gasteiger partial charge in [0.15, 0.2) is 0 Å². The summed E-state index contributed by atoms with van der Waals surface area (Å²) in [5.74, 6) is 2.59. The quantitative estimate of drug-likeness (QED) is 0.691. The molecule has 0 saturated carbocycles. The molecule has 0 radical (unpaired) electrons. The molecule has 0 unspecified atom stereocenters. The van der Waals surface area contributed by atoms with Crippen molar-refractivity contribution in [3.05, 3.63) is 57.6 Å². The van der Waals surface area contributed by atoms with Crippen molar-refractivity contribution in [1.29, 1.82) is 0 Å². The average Bonchev–Trinajstić information content (AvgIpc) is 2.47. The molecule has 2 rings (SSSR count). The maximum Gasteiger partial charge on any atom is 0.124 e. The highest BCUT2D eigenvalue weighted by molar-refractivity contribution is 6.18. The molecule has 0 N–H and O–H groups in total. The SMILES string of the molecule is COc1c(C)cc(C(CCl)c2cc(C)c(OC)c(C)c2)cc1C. The van der Waals surface area contributed by atoms with Crippen LogP contribution in [0.3, 0.4) is 0 Å². The minimum absolute atomic E-state index is 0.156. The zero-order chi connectivity index (χ0) is 17.1. The van der Waals surface area contributed by atoms with Crippen molar-refractivity contribution < 1.29 is 9.47 Å². The molecular formula is C20H25ClO2. The predicted molar refractivity (Wildman–Crippen MR) is 97.5 cm³/mol. The fourth-order valence-corrected chi connectivity index (χ4v) is 3.74. The Bertz CT molecular complexity index is 601. The lowest BCUT2D eigenvalue weighted by Gasteiger charge is -2.20. The van der Waals surface area contributed by atoms with Crippen LogP contribution in [0.25, 0.3) is 0 Å². The molecule has 0 bridgehead atoms. The molecular weight excluding hydrogens is 308 g/mol. The minimum atomic E-state index is 0.156. The van der Waals surface area contributed by atoms with Crippen LogP contribution >= 0.6 is 11.6 Å². The van der Waals surface area contributed by atoms with E-state index in [4.69, 9.17) is 21.1 Å². The molecule has 2 aromatic rings. The molecule has 0 aliphatic carbocycles. The molecule has 0 spiro atoms. The number of halogens is 1. The third kappa shape index (κ3) is 3.48. The van der Waals surface area contributed by atoms with Crippen molar-refractivity contribution in [2.45, 2.75) is 33.6 Å². The maximum atomic E-state index is 6.33. The first-order chi connectivity index (χ1) is 10.9. The van der Waals surface area contributed by atoms with Gasteiger partial charge in [-0.15, -0.1) is 11.6 Å². The molecule has 0 fully saturated rings. The summed E-state index contributed by atoms with van der Waals surface area (Å²) in [6.07, 6.45) is 0. The first-order valence-electron chi connectivity index (χ1n) is 7.79. The molecule has 2 aromatic carbocycles. The molecule has 0 amide bonds. The Balaban J connectivity index is 2.53. The van der Waals surface area contributed by atoms with Crippen LogP contribution in [0.4, 0.5) is 0 Å². The molecule has 124 valence electrons. The first kappa shape index (κ1) is 17.7. The predicted octanol–water partition coefficient (Wildman–Crippen LogP) is 5.31. The Morgan fingerprint density at radius 3 is 1.26 bits per heavy atom. The second-order valence-corrected chi connectivity index (χ2v) is 6.39. The van der Waals surface area contributed by atoms with E-state index in [0.717, 1.165) is 33.8 Å². The van der Waals surface area contributed by atoms with Gasteiger partial charge in [-0.2, -0.15) is 0 Å². The topological polar surface area (TPSA) is 18.5 Å². The largest absolute Gasteiger partial charge is 0.496 e. The minimum Gasteiger partial charge on any atom is -0.496 e. The first-order valence-corrected chi connectivity index (χ1v) is 8.32. The van der Waals surface area contributed by atoms with Gasteiger partial charge in [-0.3, -0.25) is 0 Å². The number of hydrogen-bond donors (Lipinski definition) is 0. The fourth-order valence-electron chi connectivity index (χ4n) is 3.38. The van der Waals surface area contributed by atoms with E-state index in [9.17, 15) is 0 Å². The Morgan fingerprint density at radius 2 is 1.04 bits per heavy atom. The van der Waals surface area contributed by atoms with Gasteiger partial charge in [0.2, 0.25) is 0 Å². The van der Waals surface area contributed by atoms with Gasteiger partial charge in [0, 0.05) is 11.8 Å². The zero-order valence-corrected chi connectivity index (χ0v) is 15.5. The lowest BCUT2D eigenvalue weighted by molar-refractivity contribution is 0.408. The van der Waals surface area contributed by atoms with Crippen LogP contribution in [-0.2, 0) is 0 Å². The van der Waals surface area contributed by atoms with Crippen molar-refractivity contribution in [2.24, 2.45) is 0 Å². The molecule has 0 aliphatic heterocycles. The van der Waals surface area contributed by atoms with E-state index in [1.807, 2.05) is 0 Å². The van der Waals surface area contributed by atoms with Crippen molar-refractivity contribution in [3.8, 4) is 11.5 Å². The second-order valence-electron chi connectivity index (χ2n) is 6.08. The molecule has 2 nitrogen and oxygen atoms in total. The van der Waals surface area contributed by atoms with Gasteiger partial charge in [0.1, 0.15) is 11.5 Å². The number of alkyl halides is 1. The maximum absolute atomic E-state index is 6.33. The van der Waals surface area contributed by atoms with Gasteiger partial charge in [-0.1, -0.05) is 24.3 Å². The Labute approximate surface area is 144 Å².